The number of carbonyl (C=O) groups is 4. The van der Waals surface area contributed by atoms with Gasteiger partial charge < -0.3 is 23.9 Å². The minimum Gasteiger partial charge on any atom is -0.468 e. The standard InChI is InChI=1S/C28H37N3O6/c1-27(2)9-8-22-28(18-27,26(35)36-3)16-20(25(34)31(22)17-21-5-4-14-37-21)15-23(32)29-10-12-30(13-11-29)24(33)19-6-7-19/h4-5,8,14,19-20H,6-7,9-13,15-18H2,1-3H3/t20-,28-/m1/s1. The Morgan fingerprint density at radius 1 is 1.11 bits per heavy atom. The second-order valence-electron chi connectivity index (χ2n) is 11.8. The van der Waals surface area contributed by atoms with Crippen LogP contribution < -0.4 is 0 Å². The van der Waals surface area contributed by atoms with E-state index < -0.39 is 11.3 Å². The molecular formula is C28H37N3O6. The number of hydrogen-bond donors (Lipinski definition) is 0. The number of allylic oxidation sites excluding steroid dienone is 1. The van der Waals surface area contributed by atoms with Crippen molar-refractivity contribution in [1.82, 2.24) is 14.7 Å². The number of hydrogen-bond acceptors (Lipinski definition) is 6. The summed E-state index contributed by atoms with van der Waals surface area (Å²) in [6.45, 7) is 6.41. The molecule has 200 valence electrons. The van der Waals surface area contributed by atoms with Crippen LogP contribution in [0.1, 0.15) is 58.1 Å². The molecule has 2 aliphatic carbocycles. The number of piperidine rings is 1. The van der Waals surface area contributed by atoms with Gasteiger partial charge in [0.2, 0.25) is 17.7 Å². The summed E-state index contributed by atoms with van der Waals surface area (Å²) in [6, 6.07) is 3.57. The largest absolute Gasteiger partial charge is 0.468 e. The van der Waals surface area contributed by atoms with Gasteiger partial charge in [0, 0.05) is 50.1 Å². The van der Waals surface area contributed by atoms with Crippen molar-refractivity contribution < 1.29 is 28.3 Å². The molecule has 9 heteroatoms. The molecule has 0 N–H and O–H groups in total. The molecule has 3 amide bonds. The number of ether oxygens (including phenoxy) is 1. The van der Waals surface area contributed by atoms with Crippen LogP contribution in [0.3, 0.4) is 0 Å². The normalized spacial score (nSPS) is 27.4. The maximum atomic E-state index is 13.8. The molecule has 3 heterocycles. The average Bonchev–Trinajstić information content (AvgIpc) is 3.60. The summed E-state index contributed by atoms with van der Waals surface area (Å²) in [5.74, 6) is -0.329. The van der Waals surface area contributed by atoms with E-state index in [1.54, 1.807) is 28.2 Å². The molecule has 1 aromatic rings. The zero-order valence-corrected chi connectivity index (χ0v) is 22.0. The number of esters is 1. The molecule has 9 nitrogen and oxygen atoms in total. The predicted octanol–water partition coefficient (Wildman–Crippen LogP) is 2.96. The van der Waals surface area contributed by atoms with Gasteiger partial charge in [0.25, 0.3) is 0 Å². The highest BCUT2D eigenvalue weighted by Gasteiger charge is 2.57. The number of piperazine rings is 1. The summed E-state index contributed by atoms with van der Waals surface area (Å²) in [6.07, 6.45) is 7.02. The molecule has 1 saturated carbocycles. The summed E-state index contributed by atoms with van der Waals surface area (Å²) < 4.78 is 10.9. The molecular weight excluding hydrogens is 474 g/mol. The Kier molecular flexibility index (Phi) is 6.66. The van der Waals surface area contributed by atoms with E-state index in [0.717, 1.165) is 19.3 Å². The fourth-order valence-electron chi connectivity index (χ4n) is 6.38. The molecule has 4 aliphatic rings. The Bertz CT molecular complexity index is 1100. The lowest BCUT2D eigenvalue weighted by molar-refractivity contribution is -0.163. The van der Waals surface area contributed by atoms with Crippen LogP contribution in [0, 0.1) is 22.7 Å². The van der Waals surface area contributed by atoms with Crippen molar-refractivity contribution in [2.75, 3.05) is 33.3 Å². The molecule has 0 aromatic carbocycles. The van der Waals surface area contributed by atoms with Gasteiger partial charge in [0.15, 0.2) is 0 Å². The van der Waals surface area contributed by atoms with Gasteiger partial charge in [0.1, 0.15) is 11.2 Å². The molecule has 1 aromatic heterocycles. The van der Waals surface area contributed by atoms with Crippen molar-refractivity contribution in [2.24, 2.45) is 22.7 Å². The first-order chi connectivity index (χ1) is 17.6. The Labute approximate surface area is 217 Å². The summed E-state index contributed by atoms with van der Waals surface area (Å²) in [7, 11) is 1.38. The quantitative estimate of drug-likeness (QED) is 0.545. The van der Waals surface area contributed by atoms with Gasteiger partial charge >= 0.3 is 5.97 Å². The van der Waals surface area contributed by atoms with Crippen LogP contribution in [0.25, 0.3) is 0 Å². The van der Waals surface area contributed by atoms with Gasteiger partial charge in [-0.25, -0.2) is 0 Å². The van der Waals surface area contributed by atoms with Gasteiger partial charge in [-0.1, -0.05) is 19.9 Å². The molecule has 0 spiro atoms. The van der Waals surface area contributed by atoms with Crippen molar-refractivity contribution in [2.45, 2.75) is 58.9 Å². The fraction of sp³-hybridized carbons (Fsp3) is 0.643. The van der Waals surface area contributed by atoms with Gasteiger partial charge in [-0.05, 0) is 49.7 Å². The third-order valence-corrected chi connectivity index (χ3v) is 8.38. The molecule has 5 rings (SSSR count). The number of fused-ring (bicyclic) bond motifs is 1. The number of methoxy groups -OCH3 is 1. The Balaban J connectivity index is 1.37. The molecule has 0 unspecified atom stereocenters. The van der Waals surface area contributed by atoms with Gasteiger partial charge in [0.05, 0.1) is 19.9 Å². The summed E-state index contributed by atoms with van der Waals surface area (Å²) in [5.41, 5.74) is -0.499. The van der Waals surface area contributed by atoms with Gasteiger partial charge in [-0.15, -0.1) is 0 Å². The maximum Gasteiger partial charge on any atom is 0.317 e. The van der Waals surface area contributed by atoms with Crippen molar-refractivity contribution >= 4 is 23.7 Å². The van der Waals surface area contributed by atoms with Crippen LogP contribution in [0.2, 0.25) is 0 Å². The van der Waals surface area contributed by atoms with Gasteiger partial charge in [-0.2, -0.15) is 0 Å². The number of carbonyl (C=O) groups excluding carboxylic acids is 4. The highest BCUT2D eigenvalue weighted by atomic mass is 16.5. The van der Waals surface area contributed by atoms with Crippen LogP contribution in [0.4, 0.5) is 0 Å². The minimum absolute atomic E-state index is 0.0243. The second kappa shape index (κ2) is 9.65. The lowest BCUT2D eigenvalue weighted by Crippen LogP contribution is -2.56. The Morgan fingerprint density at radius 3 is 2.43 bits per heavy atom. The first kappa shape index (κ1) is 25.5. The Hall–Kier alpha value is -3.10. The highest BCUT2D eigenvalue weighted by Crippen LogP contribution is 2.55. The number of furan rings is 1. The van der Waals surface area contributed by atoms with Crippen molar-refractivity contribution in [3.63, 3.8) is 0 Å². The maximum absolute atomic E-state index is 13.8. The zero-order chi connectivity index (χ0) is 26.4. The van der Waals surface area contributed by atoms with Crippen LogP contribution in [0.5, 0.6) is 0 Å². The average molecular weight is 512 g/mol. The summed E-state index contributed by atoms with van der Waals surface area (Å²) in [4.78, 5) is 58.3. The van der Waals surface area contributed by atoms with E-state index in [0.29, 0.717) is 44.1 Å². The number of likely N-dealkylation sites (tertiary alicyclic amines) is 1. The minimum atomic E-state index is -1.00. The van der Waals surface area contributed by atoms with Crippen LogP contribution in [-0.2, 0) is 30.5 Å². The van der Waals surface area contributed by atoms with E-state index in [-0.39, 0.29) is 54.4 Å². The van der Waals surface area contributed by atoms with Crippen molar-refractivity contribution in [3.05, 3.63) is 35.9 Å². The molecule has 2 atom stereocenters. The zero-order valence-electron chi connectivity index (χ0n) is 22.0. The number of amides is 3. The van der Waals surface area contributed by atoms with E-state index in [9.17, 15) is 19.2 Å². The fourth-order valence-corrected chi connectivity index (χ4v) is 6.38. The van der Waals surface area contributed by atoms with Crippen LogP contribution in [0.15, 0.2) is 34.6 Å². The smallest absolute Gasteiger partial charge is 0.317 e. The number of nitrogens with zero attached hydrogens (tertiary/aromatic N) is 3. The van der Waals surface area contributed by atoms with E-state index in [2.05, 4.69) is 13.8 Å². The third kappa shape index (κ3) is 4.92. The summed E-state index contributed by atoms with van der Waals surface area (Å²) >= 11 is 0. The lowest BCUT2D eigenvalue weighted by Gasteiger charge is -2.51. The first-order valence-electron chi connectivity index (χ1n) is 13.3. The van der Waals surface area contributed by atoms with E-state index >= 15 is 0 Å². The van der Waals surface area contributed by atoms with Crippen molar-refractivity contribution in [1.29, 1.82) is 0 Å². The molecule has 2 aliphatic heterocycles. The molecule has 2 saturated heterocycles. The third-order valence-electron chi connectivity index (χ3n) is 8.38. The van der Waals surface area contributed by atoms with Crippen LogP contribution >= 0.6 is 0 Å². The molecule has 0 radical (unpaired) electrons. The summed E-state index contributed by atoms with van der Waals surface area (Å²) in [5, 5.41) is 0. The van der Waals surface area contributed by atoms with E-state index in [1.165, 1.54) is 7.11 Å². The lowest BCUT2D eigenvalue weighted by atomic mass is 9.59. The number of rotatable bonds is 6. The van der Waals surface area contributed by atoms with Crippen LogP contribution in [-0.4, -0.2) is 71.7 Å². The van der Waals surface area contributed by atoms with Crippen molar-refractivity contribution in [3.8, 4) is 0 Å². The Morgan fingerprint density at radius 2 is 1.81 bits per heavy atom. The van der Waals surface area contributed by atoms with E-state index in [4.69, 9.17) is 9.15 Å². The predicted molar refractivity (Wildman–Crippen MR) is 133 cm³/mol. The highest BCUT2D eigenvalue weighted by molar-refractivity contribution is 5.92. The monoisotopic (exact) mass is 511 g/mol. The molecule has 3 fully saturated rings. The van der Waals surface area contributed by atoms with Gasteiger partial charge in [-0.3, -0.25) is 19.2 Å². The first-order valence-corrected chi connectivity index (χ1v) is 13.3. The SMILES string of the molecule is COC(=O)[C@@]12C[C@@H](CC(=O)N3CCN(C(=O)C4CC4)CC3)C(=O)N(Cc3ccco3)C1=CCC(C)(C)C2. The molecule has 37 heavy (non-hydrogen) atoms. The second-order valence-corrected chi connectivity index (χ2v) is 11.8. The van der Waals surface area contributed by atoms with E-state index in [1.807, 2.05) is 11.0 Å². The topological polar surface area (TPSA) is 100 Å². The molecule has 0 bridgehead atoms.